The van der Waals surface area contributed by atoms with E-state index >= 15 is 0 Å². The highest BCUT2D eigenvalue weighted by Gasteiger charge is 2.18. The molecule has 2 aromatic rings. The lowest BCUT2D eigenvalue weighted by molar-refractivity contribution is -0.384. The van der Waals surface area contributed by atoms with Crippen LogP contribution >= 0.6 is 0 Å². The number of carbonyl (C=O) groups is 1. The second kappa shape index (κ2) is 7.49. The number of benzene rings is 2. The molecule has 1 atom stereocenters. The number of hydrogen-bond donors (Lipinski definition) is 0. The number of halogens is 2. The van der Waals surface area contributed by atoms with Crippen LogP contribution in [-0.2, 0) is 0 Å². The Morgan fingerprint density at radius 1 is 1.08 bits per heavy atom. The number of carbonyl (C=O) groups excluding carboxylic acids is 1. The van der Waals surface area contributed by atoms with Crippen molar-refractivity contribution in [2.75, 3.05) is 0 Å². The molecule has 24 heavy (non-hydrogen) atoms. The first-order valence-corrected chi connectivity index (χ1v) is 6.87. The zero-order chi connectivity index (χ0) is 17.7. The lowest BCUT2D eigenvalue weighted by Crippen LogP contribution is -2.23. The number of rotatable bonds is 7. The molecular formula is C16H13F2NO5. The standard InChI is InChI=1S/C16H13F2NO5/c1-10(23-14-4-2-3-12(9-14)19(21)22)15(20)11-5-7-13(8-6-11)24-16(17)18/h2-10,16H,1H3/t10-/m0/s1. The van der Waals surface area contributed by atoms with Gasteiger partial charge in [-0.25, -0.2) is 0 Å². The molecule has 0 bridgehead atoms. The molecule has 0 aromatic heterocycles. The maximum atomic E-state index is 12.3. The Kier molecular flexibility index (Phi) is 5.41. The fourth-order valence-corrected chi connectivity index (χ4v) is 1.96. The smallest absolute Gasteiger partial charge is 0.387 e. The van der Waals surface area contributed by atoms with Crippen LogP contribution in [0.4, 0.5) is 14.5 Å². The molecule has 0 heterocycles. The second-order valence-corrected chi connectivity index (χ2v) is 4.78. The van der Waals surface area contributed by atoms with Crippen molar-refractivity contribution in [3.63, 3.8) is 0 Å². The number of nitro benzene ring substituents is 1. The number of Topliss-reactive ketones (excluding diaryl/α,β-unsaturated/α-hetero) is 1. The molecule has 6 nitrogen and oxygen atoms in total. The summed E-state index contributed by atoms with van der Waals surface area (Å²) in [6.07, 6.45) is -0.908. The van der Waals surface area contributed by atoms with Crippen LogP contribution in [0.3, 0.4) is 0 Å². The number of nitro groups is 1. The average molecular weight is 337 g/mol. The molecule has 0 N–H and O–H groups in total. The van der Waals surface area contributed by atoms with Crippen LogP contribution in [0.25, 0.3) is 0 Å². The predicted octanol–water partition coefficient (Wildman–Crippen LogP) is 3.85. The van der Waals surface area contributed by atoms with Gasteiger partial charge in [0.25, 0.3) is 5.69 Å². The molecule has 0 radical (unpaired) electrons. The summed E-state index contributed by atoms with van der Waals surface area (Å²) in [6.45, 7) is -1.45. The van der Waals surface area contributed by atoms with Crippen LogP contribution in [0.2, 0.25) is 0 Å². The third-order valence-electron chi connectivity index (χ3n) is 3.07. The van der Waals surface area contributed by atoms with Crippen LogP contribution in [-0.4, -0.2) is 23.4 Å². The summed E-state index contributed by atoms with van der Waals surface area (Å²) in [6, 6.07) is 10.6. The number of ketones is 1. The highest BCUT2D eigenvalue weighted by Crippen LogP contribution is 2.22. The summed E-state index contributed by atoms with van der Waals surface area (Å²) < 4.78 is 33.8. The number of nitrogens with zero attached hydrogens (tertiary/aromatic N) is 1. The van der Waals surface area contributed by atoms with Crippen molar-refractivity contribution in [1.29, 1.82) is 0 Å². The largest absolute Gasteiger partial charge is 0.482 e. The van der Waals surface area contributed by atoms with Gasteiger partial charge in [-0.1, -0.05) is 6.07 Å². The van der Waals surface area contributed by atoms with Gasteiger partial charge in [0.2, 0.25) is 5.78 Å². The van der Waals surface area contributed by atoms with Gasteiger partial charge in [-0.05, 0) is 37.3 Å². The summed E-state index contributed by atoms with van der Waals surface area (Å²) in [5.74, 6) is -0.276. The molecule has 126 valence electrons. The van der Waals surface area contributed by atoms with Crippen molar-refractivity contribution in [1.82, 2.24) is 0 Å². The molecule has 2 aromatic carbocycles. The molecule has 0 saturated heterocycles. The van der Waals surface area contributed by atoms with Gasteiger partial charge in [0.1, 0.15) is 11.5 Å². The normalized spacial score (nSPS) is 11.8. The molecule has 0 amide bonds. The van der Waals surface area contributed by atoms with E-state index in [-0.39, 0.29) is 22.7 Å². The third-order valence-corrected chi connectivity index (χ3v) is 3.07. The molecule has 2 rings (SSSR count). The first-order chi connectivity index (χ1) is 11.4. The van der Waals surface area contributed by atoms with E-state index in [0.717, 1.165) is 0 Å². The van der Waals surface area contributed by atoms with Crippen LogP contribution in [0.15, 0.2) is 48.5 Å². The van der Waals surface area contributed by atoms with Gasteiger partial charge in [0.15, 0.2) is 6.10 Å². The molecule has 0 spiro atoms. The van der Waals surface area contributed by atoms with Crippen molar-refractivity contribution < 1.29 is 28.0 Å². The number of ether oxygens (including phenoxy) is 2. The zero-order valence-electron chi connectivity index (χ0n) is 12.5. The highest BCUT2D eigenvalue weighted by molar-refractivity contribution is 5.99. The number of alkyl halides is 2. The van der Waals surface area contributed by atoms with Crippen LogP contribution in [0.5, 0.6) is 11.5 Å². The van der Waals surface area contributed by atoms with Gasteiger partial charge in [-0.3, -0.25) is 14.9 Å². The summed E-state index contributed by atoms with van der Waals surface area (Å²) in [7, 11) is 0. The quantitative estimate of drug-likeness (QED) is 0.436. The lowest BCUT2D eigenvalue weighted by atomic mass is 10.1. The van der Waals surface area contributed by atoms with Crippen molar-refractivity contribution in [3.8, 4) is 11.5 Å². The fourth-order valence-electron chi connectivity index (χ4n) is 1.96. The van der Waals surface area contributed by atoms with E-state index in [9.17, 15) is 23.7 Å². The van der Waals surface area contributed by atoms with E-state index in [1.54, 1.807) is 0 Å². The summed E-state index contributed by atoms with van der Waals surface area (Å²) >= 11 is 0. The topological polar surface area (TPSA) is 78.7 Å². The van der Waals surface area contributed by atoms with Crippen LogP contribution in [0.1, 0.15) is 17.3 Å². The highest BCUT2D eigenvalue weighted by atomic mass is 19.3. The van der Waals surface area contributed by atoms with E-state index in [1.807, 2.05) is 0 Å². The Bertz CT molecular complexity index is 734. The van der Waals surface area contributed by atoms with Gasteiger partial charge in [0, 0.05) is 11.6 Å². The van der Waals surface area contributed by atoms with E-state index in [0.29, 0.717) is 0 Å². The maximum Gasteiger partial charge on any atom is 0.387 e. The van der Waals surface area contributed by atoms with Gasteiger partial charge < -0.3 is 9.47 Å². The summed E-state index contributed by atoms with van der Waals surface area (Å²) in [5.41, 5.74) is 0.0928. The predicted molar refractivity (Wildman–Crippen MR) is 80.6 cm³/mol. The Morgan fingerprint density at radius 2 is 1.75 bits per heavy atom. The second-order valence-electron chi connectivity index (χ2n) is 4.78. The van der Waals surface area contributed by atoms with E-state index in [4.69, 9.17) is 4.74 Å². The first kappa shape index (κ1) is 17.3. The summed E-state index contributed by atoms with van der Waals surface area (Å²) in [5, 5.41) is 10.7. The number of hydrogen-bond acceptors (Lipinski definition) is 5. The van der Waals surface area contributed by atoms with Crippen molar-refractivity contribution >= 4 is 11.5 Å². The van der Waals surface area contributed by atoms with E-state index < -0.39 is 23.4 Å². The molecular weight excluding hydrogens is 324 g/mol. The SMILES string of the molecule is C[C@H](Oc1cccc([N+](=O)[O-])c1)C(=O)c1ccc(OC(F)F)cc1. The van der Waals surface area contributed by atoms with Gasteiger partial charge in [-0.2, -0.15) is 8.78 Å². The van der Waals surface area contributed by atoms with Gasteiger partial charge in [-0.15, -0.1) is 0 Å². The van der Waals surface area contributed by atoms with Crippen molar-refractivity contribution in [3.05, 3.63) is 64.2 Å². The molecule has 0 aliphatic rings. The fraction of sp³-hybridized carbons (Fsp3) is 0.188. The Morgan fingerprint density at radius 3 is 2.33 bits per heavy atom. The Hall–Kier alpha value is -3.03. The molecule has 8 heteroatoms. The molecule has 0 fully saturated rings. The molecule has 0 unspecified atom stereocenters. The van der Waals surface area contributed by atoms with Crippen LogP contribution in [0, 0.1) is 10.1 Å². The zero-order valence-corrected chi connectivity index (χ0v) is 12.5. The van der Waals surface area contributed by atoms with Crippen molar-refractivity contribution in [2.24, 2.45) is 0 Å². The van der Waals surface area contributed by atoms with E-state index in [1.165, 1.54) is 55.5 Å². The average Bonchev–Trinajstić information content (AvgIpc) is 2.54. The summed E-state index contributed by atoms with van der Waals surface area (Å²) in [4.78, 5) is 22.4. The molecule has 0 saturated carbocycles. The molecule has 0 aliphatic carbocycles. The minimum absolute atomic E-state index is 0.0613. The van der Waals surface area contributed by atoms with Gasteiger partial charge in [0.05, 0.1) is 11.0 Å². The lowest BCUT2D eigenvalue weighted by Gasteiger charge is -2.14. The van der Waals surface area contributed by atoms with Crippen molar-refractivity contribution in [2.45, 2.75) is 19.6 Å². The van der Waals surface area contributed by atoms with Gasteiger partial charge >= 0.3 is 6.61 Å². The Labute approximate surface area is 135 Å². The molecule has 0 aliphatic heterocycles. The minimum Gasteiger partial charge on any atom is -0.482 e. The third kappa shape index (κ3) is 4.48. The minimum atomic E-state index is -2.94. The van der Waals surface area contributed by atoms with E-state index in [2.05, 4.69) is 4.74 Å². The maximum absolute atomic E-state index is 12.3. The monoisotopic (exact) mass is 337 g/mol. The Balaban J connectivity index is 2.06. The number of non-ortho nitro benzene ring substituents is 1. The first-order valence-electron chi connectivity index (χ1n) is 6.87. The van der Waals surface area contributed by atoms with Crippen LogP contribution < -0.4 is 9.47 Å².